The third-order valence-electron chi connectivity index (χ3n) is 3.42. The third kappa shape index (κ3) is 24.4. The van der Waals surface area contributed by atoms with Gasteiger partial charge in [0.05, 0.1) is 0 Å². The highest BCUT2D eigenvalue weighted by Crippen LogP contribution is 2.10. The normalized spacial score (nSPS) is 12.5. The lowest BCUT2D eigenvalue weighted by Crippen LogP contribution is -2.17. The summed E-state index contributed by atoms with van der Waals surface area (Å²) in [7, 11) is -6.66. The predicted octanol–water partition coefficient (Wildman–Crippen LogP) is 2.36. The van der Waals surface area contributed by atoms with Gasteiger partial charge in [-0.3, -0.25) is 9.11 Å². The van der Waals surface area contributed by atoms with E-state index in [2.05, 4.69) is 10.6 Å². The Bertz CT molecular complexity index is 480. The molecular formula is C14H32N2O6S4. The molecule has 158 valence electrons. The minimum atomic E-state index is -3.90. The maximum absolute atomic E-state index is 10.5. The fraction of sp³-hybridized carbons (Fsp3) is 1.00. The molecule has 0 aromatic rings. The van der Waals surface area contributed by atoms with Gasteiger partial charge in [-0.1, -0.05) is 25.7 Å². The highest BCUT2D eigenvalue weighted by atomic mass is 33.2. The van der Waals surface area contributed by atoms with Crippen molar-refractivity contribution >= 4 is 39.9 Å². The molecule has 4 N–H and O–H groups in total. The van der Waals surface area contributed by atoms with Crippen molar-refractivity contribution in [2.75, 3.05) is 37.7 Å². The van der Waals surface area contributed by atoms with Crippen LogP contribution in [0.3, 0.4) is 0 Å². The summed E-state index contributed by atoms with van der Waals surface area (Å²) in [6, 6.07) is 0. The Morgan fingerprint density at radius 2 is 0.846 bits per heavy atom. The van der Waals surface area contributed by atoms with Crippen LogP contribution in [0.1, 0.15) is 51.4 Å². The molecule has 0 aromatic carbocycles. The van der Waals surface area contributed by atoms with Gasteiger partial charge in [0.15, 0.2) is 0 Å². The van der Waals surface area contributed by atoms with E-state index in [0.29, 0.717) is 45.9 Å². The highest BCUT2D eigenvalue weighted by Gasteiger charge is 2.04. The first kappa shape index (κ1) is 26.4. The van der Waals surface area contributed by atoms with E-state index in [1.54, 1.807) is 0 Å². The molecule has 0 aliphatic carbocycles. The van der Waals surface area contributed by atoms with Gasteiger partial charge in [0.25, 0.3) is 0 Å². The van der Waals surface area contributed by atoms with Gasteiger partial charge in [-0.2, -0.15) is 16.8 Å². The maximum atomic E-state index is 10.5. The van der Waals surface area contributed by atoms with Crippen molar-refractivity contribution in [3.63, 3.8) is 0 Å². The zero-order valence-corrected chi connectivity index (χ0v) is 18.3. The highest BCUT2D eigenvalue weighted by molar-refractivity contribution is 8.70. The van der Waals surface area contributed by atoms with E-state index in [4.69, 9.17) is 9.11 Å². The molecule has 0 aliphatic rings. The number of hydrogen-bond acceptors (Lipinski definition) is 8. The predicted molar refractivity (Wildman–Crippen MR) is 111 cm³/mol. The molecule has 0 atom stereocenters. The van der Waals surface area contributed by atoms with Crippen LogP contribution >= 0.6 is 21.6 Å². The molecule has 0 saturated carbocycles. The van der Waals surface area contributed by atoms with E-state index in [9.17, 15) is 16.8 Å². The first-order chi connectivity index (χ1) is 12.2. The standard InChI is InChI=1S/C14H32N2O6S4/c17-25(18,19)23-13-7-11-15-9-5-3-1-2-4-6-10-16-12-8-14-24-26(20,21)22/h15-16H,1-14H2,(H,17,18,19)(H,20,21,22). The average Bonchev–Trinajstić information content (AvgIpc) is 2.51. The largest absolute Gasteiger partial charge is 0.319 e. The Kier molecular flexibility index (Phi) is 16.7. The van der Waals surface area contributed by atoms with Crippen LogP contribution in [-0.2, 0) is 18.3 Å². The zero-order valence-electron chi connectivity index (χ0n) is 15.1. The van der Waals surface area contributed by atoms with E-state index in [-0.39, 0.29) is 0 Å². The molecule has 0 aliphatic heterocycles. The molecule has 0 spiro atoms. The molecular weight excluding hydrogens is 420 g/mol. The van der Waals surface area contributed by atoms with Crippen LogP contribution in [0, 0.1) is 0 Å². The molecule has 0 bridgehead atoms. The van der Waals surface area contributed by atoms with Crippen molar-refractivity contribution in [3.8, 4) is 0 Å². The molecule has 0 saturated heterocycles. The molecule has 12 heteroatoms. The Hall–Kier alpha value is 0.440. The molecule has 0 amide bonds. The number of nitrogens with one attached hydrogen (secondary N) is 2. The minimum Gasteiger partial charge on any atom is -0.317 e. The Morgan fingerprint density at radius 1 is 0.538 bits per heavy atom. The fourth-order valence-electron chi connectivity index (χ4n) is 2.18. The molecule has 26 heavy (non-hydrogen) atoms. The molecule has 0 fully saturated rings. The molecule has 0 heterocycles. The number of hydrogen-bond donors (Lipinski definition) is 4. The van der Waals surface area contributed by atoms with Gasteiger partial charge in [-0.15, -0.1) is 0 Å². The van der Waals surface area contributed by atoms with E-state index < -0.39 is 18.3 Å². The van der Waals surface area contributed by atoms with Crippen molar-refractivity contribution in [2.24, 2.45) is 0 Å². The molecule has 0 rings (SSSR count). The van der Waals surface area contributed by atoms with Gasteiger partial charge in [-0.25, -0.2) is 0 Å². The zero-order chi connectivity index (χ0) is 19.7. The number of rotatable bonds is 19. The van der Waals surface area contributed by atoms with Crippen LogP contribution in [-0.4, -0.2) is 63.6 Å². The Morgan fingerprint density at radius 3 is 1.19 bits per heavy atom. The van der Waals surface area contributed by atoms with Crippen LogP contribution in [0.2, 0.25) is 0 Å². The summed E-state index contributed by atoms with van der Waals surface area (Å²) in [5.41, 5.74) is 0. The summed E-state index contributed by atoms with van der Waals surface area (Å²) < 4.78 is 59.1. The van der Waals surface area contributed by atoms with Gasteiger partial charge in [0, 0.05) is 11.5 Å². The van der Waals surface area contributed by atoms with Crippen molar-refractivity contribution in [2.45, 2.75) is 51.4 Å². The lowest BCUT2D eigenvalue weighted by molar-refractivity contribution is 0.500. The Labute approximate surface area is 165 Å². The van der Waals surface area contributed by atoms with E-state index in [0.717, 1.165) is 39.0 Å². The second-order valence-electron chi connectivity index (χ2n) is 5.83. The van der Waals surface area contributed by atoms with Gasteiger partial charge in [0.1, 0.15) is 0 Å². The third-order valence-corrected chi connectivity index (χ3v) is 7.71. The lowest BCUT2D eigenvalue weighted by Gasteiger charge is -2.05. The van der Waals surface area contributed by atoms with Crippen molar-refractivity contribution < 1.29 is 25.9 Å². The monoisotopic (exact) mass is 452 g/mol. The van der Waals surface area contributed by atoms with Crippen LogP contribution in [0.25, 0.3) is 0 Å². The smallest absolute Gasteiger partial charge is 0.317 e. The first-order valence-corrected chi connectivity index (χ1v) is 14.7. The van der Waals surface area contributed by atoms with E-state index in [1.807, 2.05) is 0 Å². The SMILES string of the molecule is O=S(=O)(O)SCCCNCCCCCCCCNCCCSS(=O)(=O)O. The summed E-state index contributed by atoms with van der Waals surface area (Å²) in [4.78, 5) is 0. The lowest BCUT2D eigenvalue weighted by atomic mass is 10.1. The van der Waals surface area contributed by atoms with E-state index >= 15 is 0 Å². The molecule has 0 aromatic heterocycles. The molecule has 0 unspecified atom stereocenters. The quantitative estimate of drug-likeness (QED) is 0.131. The molecule has 0 radical (unpaired) electrons. The topological polar surface area (TPSA) is 133 Å². The first-order valence-electron chi connectivity index (χ1n) is 8.86. The maximum Gasteiger partial charge on any atom is 0.319 e. The van der Waals surface area contributed by atoms with E-state index in [1.165, 1.54) is 25.7 Å². The minimum absolute atomic E-state index is 0.402. The van der Waals surface area contributed by atoms with Gasteiger partial charge >= 0.3 is 18.3 Å². The van der Waals surface area contributed by atoms with Crippen LogP contribution in [0.15, 0.2) is 0 Å². The molecule has 8 nitrogen and oxygen atoms in total. The van der Waals surface area contributed by atoms with Crippen LogP contribution < -0.4 is 10.6 Å². The van der Waals surface area contributed by atoms with Crippen molar-refractivity contribution in [3.05, 3.63) is 0 Å². The summed E-state index contributed by atoms with van der Waals surface area (Å²) in [5, 5.41) is 6.52. The van der Waals surface area contributed by atoms with Gasteiger partial charge in [-0.05, 0) is 73.5 Å². The summed E-state index contributed by atoms with van der Waals surface area (Å²) >= 11 is 0. The second-order valence-corrected chi connectivity index (χ2v) is 12.8. The fourth-order valence-corrected chi connectivity index (χ4v) is 5.10. The Balaban J connectivity index is 3.11. The van der Waals surface area contributed by atoms with Gasteiger partial charge in [0.2, 0.25) is 0 Å². The van der Waals surface area contributed by atoms with Crippen molar-refractivity contribution in [1.82, 2.24) is 10.6 Å². The second kappa shape index (κ2) is 16.4. The van der Waals surface area contributed by atoms with Crippen LogP contribution in [0.5, 0.6) is 0 Å². The summed E-state index contributed by atoms with van der Waals surface area (Å²) in [6.07, 6.45) is 8.39. The van der Waals surface area contributed by atoms with Crippen molar-refractivity contribution in [1.29, 1.82) is 0 Å². The summed E-state index contributed by atoms with van der Waals surface area (Å²) in [5.74, 6) is 0.804. The van der Waals surface area contributed by atoms with Crippen LogP contribution in [0.4, 0.5) is 0 Å². The number of unbranched alkanes of at least 4 members (excludes halogenated alkanes) is 5. The average molecular weight is 453 g/mol. The van der Waals surface area contributed by atoms with Gasteiger partial charge < -0.3 is 10.6 Å². The summed E-state index contributed by atoms with van der Waals surface area (Å²) in [6.45, 7) is 3.38.